The largest absolute Gasteiger partial charge is 0.493 e. The van der Waals surface area contributed by atoms with E-state index in [9.17, 15) is 0 Å². The molecule has 1 atom stereocenters. The van der Waals surface area contributed by atoms with Crippen molar-refractivity contribution in [3.63, 3.8) is 0 Å². The van der Waals surface area contributed by atoms with Gasteiger partial charge in [0.05, 0.1) is 33.5 Å². The van der Waals surface area contributed by atoms with Gasteiger partial charge in [-0.15, -0.1) is 30.6 Å². The van der Waals surface area contributed by atoms with Crippen LogP contribution in [-0.2, 0) is 4.74 Å². The molecule has 2 rings (SSSR count). The number of ether oxygens (including phenoxy) is 3. The van der Waals surface area contributed by atoms with Gasteiger partial charge in [0.15, 0.2) is 17.5 Å². The zero-order valence-corrected chi connectivity index (χ0v) is 22.5. The molecule has 7 nitrogen and oxygen atoms in total. The summed E-state index contributed by atoms with van der Waals surface area (Å²) in [5.74, 6) is 2.41. The number of allylic oxidation sites excluding steroid dienone is 1. The fourth-order valence-electron chi connectivity index (χ4n) is 3.90. The van der Waals surface area contributed by atoms with Crippen LogP contribution in [-0.4, -0.2) is 83.5 Å². The Hall–Kier alpha value is -1.52. The van der Waals surface area contributed by atoms with Crippen LogP contribution in [0.2, 0.25) is 0 Å². The summed E-state index contributed by atoms with van der Waals surface area (Å²) in [4.78, 5) is 9.17. The number of nitrogens with one attached hydrogen (secondary N) is 1. The topological polar surface area (TPSA) is 58.6 Å². The Morgan fingerprint density at radius 1 is 1.22 bits per heavy atom. The number of hydrogen-bond donors (Lipinski definition) is 1. The summed E-state index contributed by atoms with van der Waals surface area (Å²) in [6, 6.07) is 6.36. The molecule has 0 aromatic heterocycles. The van der Waals surface area contributed by atoms with Gasteiger partial charge in [-0.25, -0.2) is 0 Å². The molecule has 1 aliphatic heterocycles. The lowest BCUT2D eigenvalue weighted by Crippen LogP contribution is -2.46. The molecule has 1 N–H and O–H groups in total. The van der Waals surface area contributed by atoms with E-state index >= 15 is 0 Å². The Kier molecular flexibility index (Phi) is 14.4. The van der Waals surface area contributed by atoms with Crippen molar-refractivity contribution in [1.29, 1.82) is 0 Å². The van der Waals surface area contributed by atoms with E-state index in [1.54, 1.807) is 14.2 Å². The van der Waals surface area contributed by atoms with Gasteiger partial charge in [0.1, 0.15) is 0 Å². The highest BCUT2D eigenvalue weighted by Gasteiger charge is 2.24. The quantitative estimate of drug-likeness (QED) is 0.137. The molecule has 1 aromatic carbocycles. The Morgan fingerprint density at radius 3 is 2.56 bits per heavy atom. The molecule has 0 amide bonds. The molecule has 1 aliphatic rings. The molecule has 8 heteroatoms. The number of methoxy groups -OCH3 is 2. The maximum atomic E-state index is 5.58. The zero-order valence-electron chi connectivity index (χ0n) is 20.1. The van der Waals surface area contributed by atoms with Gasteiger partial charge >= 0.3 is 0 Å². The second-order valence-electron chi connectivity index (χ2n) is 7.77. The highest BCUT2D eigenvalue weighted by Crippen LogP contribution is 2.32. The minimum Gasteiger partial charge on any atom is -0.493 e. The zero-order chi connectivity index (χ0) is 22.5. The molecule has 1 saturated heterocycles. The van der Waals surface area contributed by atoms with Gasteiger partial charge in [-0.3, -0.25) is 9.89 Å². The average Bonchev–Trinajstić information content (AvgIpc) is 2.81. The SMILES string of the molecule is C=CCCCCCN(C)C(=NC)NCC(c1ccc(OC)c(OC)c1)N1CCOCC1.I. The summed E-state index contributed by atoms with van der Waals surface area (Å²) in [7, 11) is 7.28. The number of unbranched alkanes of at least 4 members (excludes halogenated alkanes) is 3. The van der Waals surface area contributed by atoms with E-state index in [-0.39, 0.29) is 30.0 Å². The van der Waals surface area contributed by atoms with Crippen LogP contribution in [0.1, 0.15) is 37.3 Å². The van der Waals surface area contributed by atoms with Crippen LogP contribution in [0.15, 0.2) is 35.8 Å². The van der Waals surface area contributed by atoms with Gasteiger partial charge in [0.2, 0.25) is 0 Å². The number of guanidine groups is 1. The van der Waals surface area contributed by atoms with Crippen LogP contribution in [0.5, 0.6) is 11.5 Å². The van der Waals surface area contributed by atoms with Crippen LogP contribution in [0.4, 0.5) is 0 Å². The molecule has 0 bridgehead atoms. The van der Waals surface area contributed by atoms with Gasteiger partial charge in [0, 0.05) is 40.3 Å². The Morgan fingerprint density at radius 2 is 1.94 bits per heavy atom. The van der Waals surface area contributed by atoms with E-state index < -0.39 is 0 Å². The number of benzene rings is 1. The monoisotopic (exact) mass is 560 g/mol. The van der Waals surface area contributed by atoms with Gasteiger partial charge in [0.25, 0.3) is 0 Å². The van der Waals surface area contributed by atoms with Crippen LogP contribution >= 0.6 is 24.0 Å². The van der Waals surface area contributed by atoms with Crippen molar-refractivity contribution in [2.75, 3.05) is 67.7 Å². The van der Waals surface area contributed by atoms with Crippen molar-refractivity contribution in [1.82, 2.24) is 15.1 Å². The standard InChI is InChI=1S/C24H40N4O3.HI/c1-6-7-8-9-10-13-27(3)24(25-2)26-19-21(28-14-16-31-17-15-28)20-11-12-22(29-4)23(18-20)30-5;/h6,11-12,18,21H,1,7-10,13-17,19H2,2-5H3,(H,25,26);1H. The number of nitrogens with zero attached hydrogens (tertiary/aromatic N) is 3. The predicted octanol–water partition coefficient (Wildman–Crippen LogP) is 3.95. The van der Waals surface area contributed by atoms with Crippen LogP contribution in [0.3, 0.4) is 0 Å². The minimum atomic E-state index is 0. The Bertz CT molecular complexity index is 696. The maximum Gasteiger partial charge on any atom is 0.193 e. The molecule has 1 heterocycles. The summed E-state index contributed by atoms with van der Waals surface area (Å²) in [5.41, 5.74) is 1.19. The Balaban J connectivity index is 0.00000512. The van der Waals surface area contributed by atoms with Crippen molar-refractivity contribution in [2.24, 2.45) is 4.99 Å². The van der Waals surface area contributed by atoms with Gasteiger partial charge in [-0.2, -0.15) is 0 Å². The second kappa shape index (κ2) is 16.1. The summed E-state index contributed by atoms with van der Waals surface area (Å²) in [6.07, 6.45) is 6.62. The Labute approximate surface area is 211 Å². The van der Waals surface area contributed by atoms with Crippen molar-refractivity contribution in [3.05, 3.63) is 36.4 Å². The molecule has 0 saturated carbocycles. The number of hydrogen-bond acceptors (Lipinski definition) is 5. The minimum absolute atomic E-state index is 0. The lowest BCUT2D eigenvalue weighted by Gasteiger charge is -2.36. The summed E-state index contributed by atoms with van der Waals surface area (Å²) < 4.78 is 16.5. The fourth-order valence-corrected chi connectivity index (χ4v) is 3.90. The molecule has 0 radical (unpaired) electrons. The molecule has 0 spiro atoms. The summed E-state index contributed by atoms with van der Waals surface area (Å²) >= 11 is 0. The number of halogens is 1. The van der Waals surface area contributed by atoms with Crippen LogP contribution in [0.25, 0.3) is 0 Å². The van der Waals surface area contributed by atoms with E-state index in [0.29, 0.717) is 0 Å². The van der Waals surface area contributed by atoms with Crippen molar-refractivity contribution < 1.29 is 14.2 Å². The van der Waals surface area contributed by atoms with Crippen LogP contribution < -0.4 is 14.8 Å². The van der Waals surface area contributed by atoms with E-state index in [2.05, 4.69) is 45.9 Å². The second-order valence-corrected chi connectivity index (χ2v) is 7.77. The molecule has 182 valence electrons. The van der Waals surface area contributed by atoms with Gasteiger partial charge in [-0.05, 0) is 37.0 Å². The highest BCUT2D eigenvalue weighted by atomic mass is 127. The van der Waals surface area contributed by atoms with E-state index in [1.165, 1.54) is 18.4 Å². The fraction of sp³-hybridized carbons (Fsp3) is 0.625. The van der Waals surface area contributed by atoms with Crippen molar-refractivity contribution in [2.45, 2.75) is 31.7 Å². The van der Waals surface area contributed by atoms with Gasteiger partial charge < -0.3 is 24.4 Å². The van der Waals surface area contributed by atoms with E-state index in [0.717, 1.165) is 69.7 Å². The first-order valence-electron chi connectivity index (χ1n) is 11.2. The van der Waals surface area contributed by atoms with E-state index in [1.807, 2.05) is 19.2 Å². The third-order valence-corrected chi connectivity index (χ3v) is 5.71. The molecule has 32 heavy (non-hydrogen) atoms. The average molecular weight is 561 g/mol. The van der Waals surface area contributed by atoms with Crippen molar-refractivity contribution >= 4 is 29.9 Å². The lowest BCUT2D eigenvalue weighted by molar-refractivity contribution is 0.0168. The third kappa shape index (κ3) is 8.78. The smallest absolute Gasteiger partial charge is 0.193 e. The molecule has 0 aliphatic carbocycles. The summed E-state index contributed by atoms with van der Waals surface area (Å²) in [6.45, 7) is 8.84. The molecule has 1 fully saturated rings. The third-order valence-electron chi connectivity index (χ3n) is 5.71. The molecular formula is C24H41IN4O3. The first kappa shape index (κ1) is 28.5. The molecule has 1 aromatic rings. The molecular weight excluding hydrogens is 519 g/mol. The normalized spacial score (nSPS) is 15.4. The predicted molar refractivity (Wildman–Crippen MR) is 143 cm³/mol. The van der Waals surface area contributed by atoms with E-state index in [4.69, 9.17) is 14.2 Å². The first-order chi connectivity index (χ1) is 15.1. The van der Waals surface area contributed by atoms with Crippen molar-refractivity contribution in [3.8, 4) is 11.5 Å². The van der Waals surface area contributed by atoms with Crippen LogP contribution in [0, 0.1) is 0 Å². The molecule has 1 unspecified atom stereocenters. The first-order valence-corrected chi connectivity index (χ1v) is 11.2. The highest BCUT2D eigenvalue weighted by molar-refractivity contribution is 14.0. The maximum absolute atomic E-state index is 5.58. The lowest BCUT2D eigenvalue weighted by atomic mass is 10.0. The number of rotatable bonds is 12. The summed E-state index contributed by atoms with van der Waals surface area (Å²) in [5, 5.41) is 3.59. The number of morpholine rings is 1. The number of aliphatic imine (C=N–C) groups is 1. The van der Waals surface area contributed by atoms with Gasteiger partial charge in [-0.1, -0.05) is 18.6 Å².